The fourth-order valence-electron chi connectivity index (χ4n) is 3.33. The molecule has 0 bridgehead atoms. The van der Waals surface area contributed by atoms with Crippen molar-refractivity contribution in [3.05, 3.63) is 47.1 Å². The summed E-state index contributed by atoms with van der Waals surface area (Å²) in [6.45, 7) is 3.31. The van der Waals surface area contributed by atoms with Gasteiger partial charge in [-0.25, -0.2) is 9.97 Å². The minimum absolute atomic E-state index is 0.0822. The highest BCUT2D eigenvalue weighted by atomic mass is 35.5. The smallest absolute Gasteiger partial charge is 0.230 e. The van der Waals surface area contributed by atoms with E-state index in [0.29, 0.717) is 43.0 Å². The number of nitrogens with zero attached hydrogens (tertiary/aromatic N) is 4. The average Bonchev–Trinajstić information content (AvgIpc) is 3.62. The summed E-state index contributed by atoms with van der Waals surface area (Å²) in [4.78, 5) is 37.3. The second-order valence-electron chi connectivity index (χ2n) is 7.47. The predicted molar refractivity (Wildman–Crippen MR) is 118 cm³/mol. The van der Waals surface area contributed by atoms with Gasteiger partial charge in [0, 0.05) is 44.7 Å². The lowest BCUT2D eigenvalue weighted by atomic mass is 10.2. The van der Waals surface area contributed by atoms with Crippen LogP contribution in [-0.4, -0.2) is 58.6 Å². The molecule has 1 aliphatic heterocycles. The van der Waals surface area contributed by atoms with Crippen LogP contribution in [0.2, 0.25) is 5.15 Å². The first kappa shape index (κ1) is 20.9. The number of carbonyl (C=O) groups is 2. The first-order valence-corrected chi connectivity index (χ1v) is 11.5. The highest BCUT2D eigenvalue weighted by molar-refractivity contribution is 7.99. The van der Waals surface area contributed by atoms with E-state index in [1.54, 1.807) is 6.07 Å². The van der Waals surface area contributed by atoms with Gasteiger partial charge in [0.25, 0.3) is 0 Å². The molecule has 2 heterocycles. The van der Waals surface area contributed by atoms with Crippen molar-refractivity contribution in [1.29, 1.82) is 0 Å². The van der Waals surface area contributed by atoms with Gasteiger partial charge in [-0.1, -0.05) is 53.7 Å². The number of carbonyl (C=O) groups excluding carboxylic acids is 2. The maximum absolute atomic E-state index is 12.2. The summed E-state index contributed by atoms with van der Waals surface area (Å²) in [5.41, 5.74) is 1.05. The lowest BCUT2D eigenvalue weighted by Gasteiger charge is -2.35. The predicted octanol–water partition coefficient (Wildman–Crippen LogP) is 2.60. The Balaban J connectivity index is 1.28. The van der Waals surface area contributed by atoms with Gasteiger partial charge in [0.1, 0.15) is 11.0 Å². The molecule has 2 fully saturated rings. The normalized spacial score (nSPS) is 16.4. The topological polar surface area (TPSA) is 78.4 Å². The van der Waals surface area contributed by atoms with Crippen LogP contribution in [0.3, 0.4) is 0 Å². The quantitative estimate of drug-likeness (QED) is 0.401. The van der Waals surface area contributed by atoms with Crippen LogP contribution in [0.5, 0.6) is 0 Å². The van der Waals surface area contributed by atoms with E-state index < -0.39 is 0 Å². The molecule has 1 saturated heterocycles. The molecule has 4 rings (SSSR count). The van der Waals surface area contributed by atoms with E-state index in [9.17, 15) is 9.59 Å². The summed E-state index contributed by atoms with van der Waals surface area (Å²) in [5.74, 6) is 1.41. The van der Waals surface area contributed by atoms with Crippen LogP contribution in [0.1, 0.15) is 18.4 Å². The monoisotopic (exact) mass is 445 g/mol. The Morgan fingerprint density at radius 2 is 1.83 bits per heavy atom. The largest absolute Gasteiger partial charge is 0.353 e. The second kappa shape index (κ2) is 9.66. The number of anilines is 1. The van der Waals surface area contributed by atoms with Gasteiger partial charge in [-0.3, -0.25) is 9.59 Å². The van der Waals surface area contributed by atoms with Crippen LogP contribution in [0, 0.1) is 5.92 Å². The third-order valence-corrected chi connectivity index (χ3v) is 6.21. The van der Waals surface area contributed by atoms with Gasteiger partial charge in [0.2, 0.25) is 11.8 Å². The second-order valence-corrected chi connectivity index (χ2v) is 8.80. The van der Waals surface area contributed by atoms with Gasteiger partial charge in [0.05, 0.1) is 5.75 Å². The van der Waals surface area contributed by atoms with E-state index in [2.05, 4.69) is 20.2 Å². The first-order valence-electron chi connectivity index (χ1n) is 10.1. The maximum atomic E-state index is 12.2. The van der Waals surface area contributed by atoms with Gasteiger partial charge in [-0.15, -0.1) is 0 Å². The van der Waals surface area contributed by atoms with Crippen LogP contribution >= 0.6 is 23.4 Å². The summed E-state index contributed by atoms with van der Waals surface area (Å²) in [5, 5.41) is 3.72. The third-order valence-electron chi connectivity index (χ3n) is 5.17. The number of rotatable bonds is 7. The van der Waals surface area contributed by atoms with Crippen LogP contribution in [0.4, 0.5) is 5.82 Å². The summed E-state index contributed by atoms with van der Waals surface area (Å²) in [7, 11) is 0. The Kier molecular flexibility index (Phi) is 6.74. The molecular formula is C21H24ClN5O2S. The van der Waals surface area contributed by atoms with Crippen LogP contribution < -0.4 is 10.2 Å². The Hall–Kier alpha value is -2.32. The van der Waals surface area contributed by atoms with Crippen molar-refractivity contribution in [2.24, 2.45) is 5.92 Å². The van der Waals surface area contributed by atoms with E-state index >= 15 is 0 Å². The molecule has 1 N–H and O–H groups in total. The molecule has 0 atom stereocenters. The standard InChI is InChI=1S/C21H24ClN5O2S/c22-17-12-18(26-8-10-27(11-9-26)20(29)16-6-7-16)25-21(24-17)30-14-19(28)23-13-15-4-2-1-3-5-15/h1-5,12,16H,6-11,13-14H2,(H,23,28). The molecule has 2 amide bonds. The van der Waals surface area contributed by atoms with Crippen LogP contribution in [0.25, 0.3) is 0 Å². The number of aromatic nitrogens is 2. The van der Waals surface area contributed by atoms with Crippen LogP contribution in [0.15, 0.2) is 41.6 Å². The van der Waals surface area contributed by atoms with Crippen molar-refractivity contribution in [2.75, 3.05) is 36.8 Å². The van der Waals surface area contributed by atoms with Crippen molar-refractivity contribution in [3.8, 4) is 0 Å². The fourth-order valence-corrected chi connectivity index (χ4v) is 4.25. The molecule has 1 aliphatic carbocycles. The van der Waals surface area contributed by atoms with Gasteiger partial charge < -0.3 is 15.1 Å². The summed E-state index contributed by atoms with van der Waals surface area (Å²) in [6.07, 6.45) is 2.06. The molecule has 1 aromatic carbocycles. The van der Waals surface area contributed by atoms with E-state index in [4.69, 9.17) is 11.6 Å². The maximum Gasteiger partial charge on any atom is 0.230 e. The minimum Gasteiger partial charge on any atom is -0.353 e. The highest BCUT2D eigenvalue weighted by Crippen LogP contribution is 2.31. The summed E-state index contributed by atoms with van der Waals surface area (Å²) < 4.78 is 0. The molecule has 0 unspecified atom stereocenters. The van der Waals surface area contributed by atoms with E-state index in [1.807, 2.05) is 35.2 Å². The molecule has 158 valence electrons. The zero-order valence-corrected chi connectivity index (χ0v) is 18.2. The average molecular weight is 446 g/mol. The lowest BCUT2D eigenvalue weighted by Crippen LogP contribution is -2.49. The molecule has 0 radical (unpaired) electrons. The van der Waals surface area contributed by atoms with E-state index in [0.717, 1.165) is 24.2 Å². The molecule has 7 nitrogen and oxygen atoms in total. The minimum atomic E-state index is -0.0822. The number of hydrogen-bond donors (Lipinski definition) is 1. The number of benzene rings is 1. The number of halogens is 1. The van der Waals surface area contributed by atoms with Gasteiger partial charge in [-0.05, 0) is 18.4 Å². The van der Waals surface area contributed by atoms with Gasteiger partial charge in [0.15, 0.2) is 5.16 Å². The molecule has 1 saturated carbocycles. The molecule has 1 aromatic heterocycles. The zero-order chi connectivity index (χ0) is 20.9. The molecule has 9 heteroatoms. The van der Waals surface area contributed by atoms with Crippen molar-refractivity contribution < 1.29 is 9.59 Å². The molecule has 2 aliphatic rings. The number of amides is 2. The van der Waals surface area contributed by atoms with Crippen molar-refractivity contribution in [2.45, 2.75) is 24.5 Å². The molecule has 30 heavy (non-hydrogen) atoms. The Morgan fingerprint density at radius 3 is 2.53 bits per heavy atom. The van der Waals surface area contributed by atoms with Crippen molar-refractivity contribution in [3.63, 3.8) is 0 Å². The van der Waals surface area contributed by atoms with Crippen molar-refractivity contribution >= 4 is 41.0 Å². The SMILES string of the molecule is O=C(CSc1nc(Cl)cc(N2CCN(C(=O)C3CC3)CC2)n1)NCc1ccccc1. The molecular weight excluding hydrogens is 422 g/mol. The van der Waals surface area contributed by atoms with Gasteiger partial charge >= 0.3 is 0 Å². The third kappa shape index (κ3) is 5.64. The number of piperazine rings is 1. The fraction of sp³-hybridized carbons (Fsp3) is 0.429. The zero-order valence-electron chi connectivity index (χ0n) is 16.6. The summed E-state index contributed by atoms with van der Waals surface area (Å²) in [6, 6.07) is 11.5. The Morgan fingerprint density at radius 1 is 1.10 bits per heavy atom. The van der Waals surface area contributed by atoms with E-state index in [-0.39, 0.29) is 23.5 Å². The number of nitrogens with one attached hydrogen (secondary N) is 1. The number of hydrogen-bond acceptors (Lipinski definition) is 6. The van der Waals surface area contributed by atoms with Crippen LogP contribution in [-0.2, 0) is 16.1 Å². The molecule has 0 spiro atoms. The Bertz CT molecular complexity index is 902. The number of thioether (sulfide) groups is 1. The first-order chi connectivity index (χ1) is 14.6. The highest BCUT2D eigenvalue weighted by Gasteiger charge is 2.34. The Labute approximate surface area is 185 Å². The lowest BCUT2D eigenvalue weighted by molar-refractivity contribution is -0.132. The molecule has 2 aromatic rings. The van der Waals surface area contributed by atoms with E-state index in [1.165, 1.54) is 11.8 Å². The van der Waals surface area contributed by atoms with Gasteiger partial charge in [-0.2, -0.15) is 0 Å². The summed E-state index contributed by atoms with van der Waals surface area (Å²) >= 11 is 7.46. The van der Waals surface area contributed by atoms with Crippen molar-refractivity contribution in [1.82, 2.24) is 20.2 Å².